The summed E-state index contributed by atoms with van der Waals surface area (Å²) in [6.45, 7) is 2.92. The third-order valence-electron chi connectivity index (χ3n) is 5.87. The number of likely N-dealkylation sites (tertiary alicyclic amines) is 1. The number of carbonyl (C=O) groups excluding carboxylic acids is 1. The van der Waals surface area contributed by atoms with Gasteiger partial charge in [0.05, 0.1) is 5.41 Å². The molecule has 3 saturated heterocycles. The van der Waals surface area contributed by atoms with Crippen molar-refractivity contribution in [2.45, 2.75) is 64.0 Å². The Balaban J connectivity index is 1.56. The smallest absolute Gasteiger partial charge is 0.311 e. The molecule has 3 aliphatic heterocycles. The molecule has 0 aromatic heterocycles. The fourth-order valence-corrected chi connectivity index (χ4v) is 4.42. The Morgan fingerprint density at radius 1 is 1.29 bits per heavy atom. The zero-order valence-corrected chi connectivity index (χ0v) is 12.8. The summed E-state index contributed by atoms with van der Waals surface area (Å²) in [5.74, 6) is -0.101. The molecule has 3 rings (SSSR count). The van der Waals surface area contributed by atoms with Crippen molar-refractivity contribution >= 4 is 11.9 Å². The van der Waals surface area contributed by atoms with Crippen LogP contribution in [0.15, 0.2) is 0 Å². The highest BCUT2D eigenvalue weighted by molar-refractivity contribution is 5.80. The van der Waals surface area contributed by atoms with Crippen LogP contribution >= 0.6 is 0 Å². The third-order valence-corrected chi connectivity index (χ3v) is 5.87. The van der Waals surface area contributed by atoms with E-state index < -0.39 is 11.4 Å². The lowest BCUT2D eigenvalue weighted by Gasteiger charge is -2.30. The lowest BCUT2D eigenvalue weighted by atomic mass is 9.84. The lowest BCUT2D eigenvalue weighted by Crippen LogP contribution is -2.41. The molecule has 0 aromatic rings. The van der Waals surface area contributed by atoms with Gasteiger partial charge >= 0.3 is 5.97 Å². The maximum Gasteiger partial charge on any atom is 0.311 e. The number of carbonyl (C=O) groups is 2. The first-order chi connectivity index (χ1) is 10.0. The fraction of sp³-hybridized carbons (Fsp3) is 0.875. The van der Waals surface area contributed by atoms with Gasteiger partial charge in [0.1, 0.15) is 0 Å². The fourth-order valence-electron chi connectivity index (χ4n) is 4.42. The highest BCUT2D eigenvalue weighted by Crippen LogP contribution is 2.36. The van der Waals surface area contributed by atoms with Crippen molar-refractivity contribution in [3.8, 4) is 0 Å². The van der Waals surface area contributed by atoms with E-state index in [9.17, 15) is 14.7 Å². The van der Waals surface area contributed by atoms with E-state index in [0.717, 1.165) is 12.8 Å². The number of nitrogens with zero attached hydrogens (tertiary/aromatic N) is 1. The molecule has 0 aliphatic carbocycles. The predicted octanol–water partition coefficient (Wildman–Crippen LogP) is 1.62. The summed E-state index contributed by atoms with van der Waals surface area (Å²) in [7, 11) is 0. The summed E-state index contributed by atoms with van der Waals surface area (Å²) in [6, 6.07) is 1.21. The van der Waals surface area contributed by atoms with Gasteiger partial charge in [0.25, 0.3) is 0 Å². The van der Waals surface area contributed by atoms with Gasteiger partial charge in [-0.05, 0) is 44.4 Å². The van der Waals surface area contributed by atoms with E-state index >= 15 is 0 Å². The van der Waals surface area contributed by atoms with Crippen molar-refractivity contribution in [1.29, 1.82) is 0 Å². The number of nitrogens with one attached hydrogen (secondary N) is 1. The maximum atomic E-state index is 12.5. The van der Waals surface area contributed by atoms with E-state index in [1.807, 2.05) is 6.92 Å². The lowest BCUT2D eigenvalue weighted by molar-refractivity contribution is -0.148. The van der Waals surface area contributed by atoms with Crippen LogP contribution < -0.4 is 5.32 Å². The van der Waals surface area contributed by atoms with Crippen LogP contribution in [0, 0.1) is 11.3 Å². The largest absolute Gasteiger partial charge is 0.481 e. The Labute approximate surface area is 126 Å². The summed E-state index contributed by atoms with van der Waals surface area (Å²) < 4.78 is 0. The summed E-state index contributed by atoms with van der Waals surface area (Å²) in [5, 5.41) is 13.0. The van der Waals surface area contributed by atoms with Gasteiger partial charge < -0.3 is 15.3 Å². The minimum atomic E-state index is -0.750. The molecule has 3 atom stereocenters. The van der Waals surface area contributed by atoms with Crippen LogP contribution in [-0.4, -0.2) is 47.1 Å². The molecule has 118 valence electrons. The highest BCUT2D eigenvalue weighted by Gasteiger charge is 2.45. The topological polar surface area (TPSA) is 69.6 Å². The van der Waals surface area contributed by atoms with Gasteiger partial charge in [0.15, 0.2) is 0 Å². The molecule has 0 saturated carbocycles. The number of hydrogen-bond acceptors (Lipinski definition) is 3. The van der Waals surface area contributed by atoms with Gasteiger partial charge in [0.2, 0.25) is 5.91 Å². The van der Waals surface area contributed by atoms with Crippen molar-refractivity contribution in [2.75, 3.05) is 13.1 Å². The van der Waals surface area contributed by atoms with Gasteiger partial charge in [-0.15, -0.1) is 0 Å². The summed E-state index contributed by atoms with van der Waals surface area (Å²) >= 11 is 0. The predicted molar refractivity (Wildman–Crippen MR) is 78.8 cm³/mol. The second-order valence-corrected chi connectivity index (χ2v) is 7.18. The molecular formula is C16H26N2O3. The van der Waals surface area contributed by atoms with Crippen molar-refractivity contribution < 1.29 is 14.7 Å². The molecule has 3 unspecified atom stereocenters. The van der Waals surface area contributed by atoms with Crippen LogP contribution in [0.25, 0.3) is 0 Å². The summed E-state index contributed by atoms with van der Waals surface area (Å²) in [4.78, 5) is 25.7. The highest BCUT2D eigenvalue weighted by atomic mass is 16.4. The van der Waals surface area contributed by atoms with Crippen LogP contribution in [0.4, 0.5) is 0 Å². The number of amides is 1. The summed E-state index contributed by atoms with van der Waals surface area (Å²) in [5.41, 5.74) is -0.706. The molecular weight excluding hydrogens is 268 g/mol. The van der Waals surface area contributed by atoms with Gasteiger partial charge in [-0.2, -0.15) is 0 Å². The molecule has 1 amide bonds. The second kappa shape index (κ2) is 5.59. The van der Waals surface area contributed by atoms with Gasteiger partial charge in [-0.25, -0.2) is 0 Å². The zero-order chi connectivity index (χ0) is 15.0. The van der Waals surface area contributed by atoms with Crippen molar-refractivity contribution in [3.05, 3.63) is 0 Å². The minimum absolute atomic E-state index is 0.165. The van der Waals surface area contributed by atoms with E-state index in [0.29, 0.717) is 50.4 Å². The Kier molecular flexibility index (Phi) is 3.95. The van der Waals surface area contributed by atoms with Gasteiger partial charge in [-0.1, -0.05) is 6.92 Å². The molecule has 2 N–H and O–H groups in total. The molecule has 3 aliphatic rings. The number of hydrogen-bond donors (Lipinski definition) is 2. The molecule has 5 heteroatoms. The third kappa shape index (κ3) is 2.80. The van der Waals surface area contributed by atoms with Crippen LogP contribution in [0.1, 0.15) is 51.9 Å². The second-order valence-electron chi connectivity index (χ2n) is 7.18. The minimum Gasteiger partial charge on any atom is -0.481 e. The van der Waals surface area contributed by atoms with E-state index in [4.69, 9.17) is 0 Å². The Morgan fingerprint density at radius 2 is 1.95 bits per heavy atom. The van der Waals surface area contributed by atoms with Crippen LogP contribution in [0.3, 0.4) is 0 Å². The molecule has 5 nitrogen and oxygen atoms in total. The van der Waals surface area contributed by atoms with Crippen LogP contribution in [0.5, 0.6) is 0 Å². The maximum absolute atomic E-state index is 12.5. The number of carboxylic acid groups (broad SMARTS) is 1. The van der Waals surface area contributed by atoms with Crippen LogP contribution in [-0.2, 0) is 9.59 Å². The Bertz CT molecular complexity index is 427. The SMILES string of the molecule is CCC1(C(=O)O)CCN(C(=O)CC2CC3CCC(C2)N3)C1. The first kappa shape index (κ1) is 14.8. The normalized spacial score (nSPS) is 38.7. The van der Waals surface area contributed by atoms with Gasteiger partial charge in [0, 0.05) is 31.6 Å². The molecule has 3 heterocycles. The van der Waals surface area contributed by atoms with Gasteiger partial charge in [-0.3, -0.25) is 9.59 Å². The number of carboxylic acids is 1. The number of piperidine rings is 1. The first-order valence-electron chi connectivity index (χ1n) is 8.29. The molecule has 3 fully saturated rings. The number of aliphatic carboxylic acids is 1. The Morgan fingerprint density at radius 3 is 2.48 bits per heavy atom. The van der Waals surface area contributed by atoms with Crippen LogP contribution in [0.2, 0.25) is 0 Å². The van der Waals surface area contributed by atoms with Crippen molar-refractivity contribution in [2.24, 2.45) is 11.3 Å². The molecule has 21 heavy (non-hydrogen) atoms. The molecule has 0 spiro atoms. The van der Waals surface area contributed by atoms with Crippen molar-refractivity contribution in [3.63, 3.8) is 0 Å². The Hall–Kier alpha value is -1.10. The number of rotatable bonds is 4. The average molecular weight is 294 g/mol. The quantitative estimate of drug-likeness (QED) is 0.826. The van der Waals surface area contributed by atoms with Crippen molar-refractivity contribution in [1.82, 2.24) is 10.2 Å². The number of fused-ring (bicyclic) bond motifs is 2. The standard InChI is InChI=1S/C16H26N2O3/c1-2-16(15(20)21)5-6-18(10-16)14(19)9-11-7-12-3-4-13(8-11)17-12/h11-13,17H,2-10H2,1H3,(H,20,21). The molecule has 2 bridgehead atoms. The summed E-state index contributed by atoms with van der Waals surface area (Å²) in [6.07, 6.45) is 6.51. The molecule has 0 radical (unpaired) electrons. The van der Waals surface area contributed by atoms with E-state index in [1.54, 1.807) is 4.90 Å². The average Bonchev–Trinajstić information content (AvgIpc) is 3.03. The first-order valence-corrected chi connectivity index (χ1v) is 8.29. The van der Waals surface area contributed by atoms with E-state index in [-0.39, 0.29) is 5.91 Å². The monoisotopic (exact) mass is 294 g/mol. The molecule has 0 aromatic carbocycles. The van der Waals surface area contributed by atoms with E-state index in [2.05, 4.69) is 5.32 Å². The van der Waals surface area contributed by atoms with E-state index in [1.165, 1.54) is 12.8 Å². The zero-order valence-electron chi connectivity index (χ0n) is 12.8.